The topological polar surface area (TPSA) is 59.6 Å². The van der Waals surface area contributed by atoms with Gasteiger partial charge in [0.15, 0.2) is 6.23 Å². The van der Waals surface area contributed by atoms with E-state index in [1.165, 1.54) is 10.9 Å². The van der Waals surface area contributed by atoms with Gasteiger partial charge in [-0.25, -0.2) is 4.79 Å². The highest BCUT2D eigenvalue weighted by Gasteiger charge is 2.51. The zero-order valence-corrected chi connectivity index (χ0v) is 15.3. The molecule has 5 nitrogen and oxygen atoms in total. The van der Waals surface area contributed by atoms with Gasteiger partial charge in [0, 0.05) is 23.1 Å². The Morgan fingerprint density at radius 3 is 2.63 bits per heavy atom. The Morgan fingerprint density at radius 2 is 1.85 bits per heavy atom. The van der Waals surface area contributed by atoms with Gasteiger partial charge in [-0.2, -0.15) is 0 Å². The Kier molecular flexibility index (Phi) is 3.72. The summed E-state index contributed by atoms with van der Waals surface area (Å²) in [4.78, 5) is 20.3. The van der Waals surface area contributed by atoms with E-state index in [9.17, 15) is 9.90 Å². The summed E-state index contributed by atoms with van der Waals surface area (Å²) in [5, 5.41) is 12.1. The molecule has 0 bridgehead atoms. The highest BCUT2D eigenvalue weighted by atomic mass is 16.3. The summed E-state index contributed by atoms with van der Waals surface area (Å²) in [7, 11) is 0. The van der Waals surface area contributed by atoms with E-state index in [1.807, 2.05) is 42.2 Å². The molecule has 3 atom stereocenters. The molecule has 3 unspecified atom stereocenters. The van der Waals surface area contributed by atoms with Crippen molar-refractivity contribution in [3.8, 4) is 0 Å². The number of hydrogen-bond donors (Lipinski definition) is 2. The number of H-pyrrole nitrogens is 1. The van der Waals surface area contributed by atoms with Crippen molar-refractivity contribution < 1.29 is 9.90 Å². The molecule has 2 aromatic carbocycles. The van der Waals surface area contributed by atoms with Crippen molar-refractivity contribution in [3.05, 3.63) is 71.4 Å². The molecule has 0 radical (unpaired) electrons. The van der Waals surface area contributed by atoms with Crippen molar-refractivity contribution in [3.63, 3.8) is 0 Å². The molecule has 5 heteroatoms. The van der Waals surface area contributed by atoms with Gasteiger partial charge < -0.3 is 15.0 Å². The molecule has 1 aromatic heterocycles. The number of nitrogens with zero attached hydrogens (tertiary/aromatic N) is 2. The Balaban J connectivity index is 1.71. The Labute approximate surface area is 158 Å². The highest BCUT2D eigenvalue weighted by Crippen LogP contribution is 2.44. The zero-order chi connectivity index (χ0) is 18.5. The number of rotatable bonds is 3. The number of amides is 2. The van der Waals surface area contributed by atoms with E-state index in [4.69, 9.17) is 0 Å². The second-order valence-corrected chi connectivity index (χ2v) is 7.44. The Morgan fingerprint density at radius 1 is 1.11 bits per heavy atom. The smallest absolute Gasteiger partial charge is 0.323 e. The quantitative estimate of drug-likeness (QED) is 0.748. The van der Waals surface area contributed by atoms with E-state index < -0.39 is 6.23 Å². The first-order valence-corrected chi connectivity index (χ1v) is 9.62. The lowest BCUT2D eigenvalue weighted by Gasteiger charge is -2.37. The fourth-order valence-corrected chi connectivity index (χ4v) is 4.71. The summed E-state index contributed by atoms with van der Waals surface area (Å²) in [5.74, 6) is 0. The van der Waals surface area contributed by atoms with E-state index in [2.05, 4.69) is 29.2 Å². The molecule has 3 aromatic rings. The van der Waals surface area contributed by atoms with Gasteiger partial charge in [0.1, 0.15) is 0 Å². The number of urea groups is 1. The number of fused-ring (bicyclic) bond motifs is 4. The molecular formula is C22H23N3O2. The highest BCUT2D eigenvalue weighted by molar-refractivity contribution is 5.87. The van der Waals surface area contributed by atoms with Crippen LogP contribution >= 0.6 is 0 Å². The first-order valence-electron chi connectivity index (χ1n) is 9.62. The lowest BCUT2D eigenvalue weighted by molar-refractivity contribution is 0.0272. The second-order valence-electron chi connectivity index (χ2n) is 7.44. The SMILES string of the molecule is CCCN1C(=O)N2C(c3ccccc3)c3[nH]c4ccccc4c3CC2C1O. The summed E-state index contributed by atoms with van der Waals surface area (Å²) in [6.07, 6.45) is 0.717. The van der Waals surface area contributed by atoms with E-state index in [-0.39, 0.29) is 18.1 Å². The molecule has 5 rings (SSSR count). The maximum Gasteiger partial charge on any atom is 0.323 e. The number of nitrogens with one attached hydrogen (secondary N) is 1. The van der Waals surface area contributed by atoms with Crippen LogP contribution in [0.25, 0.3) is 10.9 Å². The summed E-state index contributed by atoms with van der Waals surface area (Å²) in [6, 6.07) is 17.8. The monoisotopic (exact) mass is 361 g/mol. The van der Waals surface area contributed by atoms with Gasteiger partial charge in [0.2, 0.25) is 0 Å². The third-order valence-corrected chi connectivity index (χ3v) is 5.88. The van der Waals surface area contributed by atoms with Crippen LogP contribution in [0, 0.1) is 0 Å². The molecule has 2 N–H and O–H groups in total. The van der Waals surface area contributed by atoms with Crippen molar-refractivity contribution in [1.29, 1.82) is 0 Å². The van der Waals surface area contributed by atoms with Gasteiger partial charge in [-0.15, -0.1) is 0 Å². The first kappa shape index (κ1) is 16.4. The number of aliphatic hydroxyl groups excluding tert-OH is 1. The molecule has 1 saturated heterocycles. The van der Waals surface area contributed by atoms with Crippen LogP contribution in [0.4, 0.5) is 4.79 Å². The largest absolute Gasteiger partial charge is 0.371 e. The molecule has 2 aliphatic rings. The standard InChI is InChI=1S/C22H23N3O2/c1-2-12-24-21(26)18-13-16-15-10-6-7-11-17(15)23-19(16)20(25(18)22(24)27)14-8-4-3-5-9-14/h3-11,18,20-21,23,26H,2,12-13H2,1H3. The number of carbonyl (C=O) groups is 1. The zero-order valence-electron chi connectivity index (χ0n) is 15.3. The number of hydrogen-bond acceptors (Lipinski definition) is 2. The fraction of sp³-hybridized carbons (Fsp3) is 0.318. The van der Waals surface area contributed by atoms with Crippen LogP contribution in [0.2, 0.25) is 0 Å². The third-order valence-electron chi connectivity index (χ3n) is 5.88. The number of aromatic amines is 1. The summed E-state index contributed by atoms with van der Waals surface area (Å²) < 4.78 is 0. The van der Waals surface area contributed by atoms with E-state index in [0.29, 0.717) is 13.0 Å². The van der Waals surface area contributed by atoms with Crippen LogP contribution in [0.1, 0.15) is 36.2 Å². The third kappa shape index (κ3) is 2.31. The molecule has 3 heterocycles. The maximum atomic E-state index is 13.2. The average Bonchev–Trinajstić information content (AvgIpc) is 3.18. The number of aliphatic hydroxyl groups is 1. The van der Waals surface area contributed by atoms with Crippen LogP contribution in [-0.2, 0) is 6.42 Å². The minimum atomic E-state index is -0.773. The van der Waals surface area contributed by atoms with Crippen LogP contribution in [0.3, 0.4) is 0 Å². The average molecular weight is 361 g/mol. The van der Waals surface area contributed by atoms with Crippen molar-refractivity contribution in [2.24, 2.45) is 0 Å². The predicted molar refractivity (Wildman–Crippen MR) is 104 cm³/mol. The predicted octanol–water partition coefficient (Wildman–Crippen LogP) is 3.65. The van der Waals surface area contributed by atoms with E-state index in [1.54, 1.807) is 4.90 Å². The lowest BCUT2D eigenvalue weighted by Crippen LogP contribution is -2.45. The molecule has 1 fully saturated rings. The van der Waals surface area contributed by atoms with Gasteiger partial charge in [0.05, 0.1) is 12.1 Å². The minimum absolute atomic E-state index is 0.0764. The van der Waals surface area contributed by atoms with Crippen molar-refractivity contribution in [2.45, 2.75) is 38.1 Å². The first-order chi connectivity index (χ1) is 13.2. The maximum absolute atomic E-state index is 13.2. The Bertz CT molecular complexity index is 997. The number of para-hydroxylation sites is 1. The Hall–Kier alpha value is -2.79. The number of aromatic nitrogens is 1. The number of benzene rings is 2. The molecule has 2 aliphatic heterocycles. The normalized spacial score (nSPS) is 24.4. The van der Waals surface area contributed by atoms with Crippen LogP contribution < -0.4 is 0 Å². The second kappa shape index (κ2) is 6.13. The van der Waals surface area contributed by atoms with Crippen LogP contribution in [0.5, 0.6) is 0 Å². The van der Waals surface area contributed by atoms with Gasteiger partial charge in [-0.05, 0) is 30.0 Å². The fourth-order valence-electron chi connectivity index (χ4n) is 4.71. The molecular weight excluding hydrogens is 338 g/mol. The molecule has 138 valence electrons. The summed E-state index contributed by atoms with van der Waals surface area (Å²) in [6.45, 7) is 2.60. The van der Waals surface area contributed by atoms with E-state index in [0.717, 1.165) is 23.2 Å². The van der Waals surface area contributed by atoms with Crippen molar-refractivity contribution in [2.75, 3.05) is 6.54 Å². The van der Waals surface area contributed by atoms with Crippen molar-refractivity contribution in [1.82, 2.24) is 14.8 Å². The van der Waals surface area contributed by atoms with E-state index >= 15 is 0 Å². The van der Waals surface area contributed by atoms with Gasteiger partial charge in [-0.3, -0.25) is 4.90 Å². The summed E-state index contributed by atoms with van der Waals surface area (Å²) >= 11 is 0. The molecule has 27 heavy (non-hydrogen) atoms. The number of carbonyl (C=O) groups excluding carboxylic acids is 1. The molecule has 0 aliphatic carbocycles. The van der Waals surface area contributed by atoms with Crippen LogP contribution in [0.15, 0.2) is 54.6 Å². The van der Waals surface area contributed by atoms with Gasteiger partial charge in [-0.1, -0.05) is 55.5 Å². The van der Waals surface area contributed by atoms with Crippen LogP contribution in [-0.4, -0.2) is 44.7 Å². The summed E-state index contributed by atoms with van der Waals surface area (Å²) in [5.41, 5.74) is 4.43. The molecule has 0 saturated carbocycles. The molecule has 2 amide bonds. The molecule has 0 spiro atoms. The van der Waals surface area contributed by atoms with Gasteiger partial charge in [0.25, 0.3) is 0 Å². The minimum Gasteiger partial charge on any atom is -0.371 e. The van der Waals surface area contributed by atoms with Crippen molar-refractivity contribution >= 4 is 16.9 Å². The lowest BCUT2D eigenvalue weighted by atomic mass is 9.88. The van der Waals surface area contributed by atoms with Gasteiger partial charge >= 0.3 is 6.03 Å².